The second kappa shape index (κ2) is 7.78. The number of nitrogens with zero attached hydrogens (tertiary/aromatic N) is 1. The van der Waals surface area contributed by atoms with Crippen molar-refractivity contribution in [3.8, 4) is 0 Å². The van der Waals surface area contributed by atoms with Crippen LogP contribution in [0.4, 0.5) is 0 Å². The summed E-state index contributed by atoms with van der Waals surface area (Å²) < 4.78 is 5.41. The van der Waals surface area contributed by atoms with E-state index in [1.54, 1.807) is 7.11 Å². The summed E-state index contributed by atoms with van der Waals surface area (Å²) in [4.78, 5) is 14.7. The zero-order valence-corrected chi connectivity index (χ0v) is 13.8. The molecule has 1 aromatic rings. The van der Waals surface area contributed by atoms with Crippen LogP contribution in [0.25, 0.3) is 0 Å². The summed E-state index contributed by atoms with van der Waals surface area (Å²) in [5.41, 5.74) is 8.76. The summed E-state index contributed by atoms with van der Waals surface area (Å²) in [6.07, 6.45) is 1.92. The summed E-state index contributed by atoms with van der Waals surface area (Å²) in [5.74, 6) is 0.0937. The van der Waals surface area contributed by atoms with Gasteiger partial charge in [-0.2, -0.15) is 0 Å². The van der Waals surface area contributed by atoms with Gasteiger partial charge in [0, 0.05) is 31.8 Å². The van der Waals surface area contributed by atoms with E-state index in [1.807, 2.05) is 36.9 Å². The average molecular weight is 313 g/mol. The lowest BCUT2D eigenvalue weighted by Crippen LogP contribution is -2.51. The molecule has 1 aromatic carbocycles. The number of rotatable bonds is 3. The maximum atomic E-state index is 12.8. The number of aryl methyl sites for hydroxylation is 2. The van der Waals surface area contributed by atoms with Crippen molar-refractivity contribution in [3.63, 3.8) is 0 Å². The molecule has 0 aromatic heterocycles. The van der Waals surface area contributed by atoms with E-state index in [0.29, 0.717) is 13.1 Å². The molecule has 1 heterocycles. The largest absolute Gasteiger partial charge is 0.381 e. The molecule has 4 nitrogen and oxygen atoms in total. The lowest BCUT2D eigenvalue weighted by atomic mass is 9.96. The van der Waals surface area contributed by atoms with Gasteiger partial charge in [0.05, 0.1) is 6.10 Å². The predicted molar refractivity (Wildman–Crippen MR) is 87.1 cm³/mol. The Morgan fingerprint density at radius 2 is 2.14 bits per heavy atom. The third kappa shape index (κ3) is 3.96. The average Bonchev–Trinajstić information content (AvgIpc) is 2.48. The molecule has 0 saturated carbocycles. The SMILES string of the molecule is COC1CCN(C(=O)c2cc(C)ccc2C)C(CN)C1.Cl. The Hall–Kier alpha value is -1.10. The van der Waals surface area contributed by atoms with Crippen LogP contribution in [0.5, 0.6) is 0 Å². The van der Waals surface area contributed by atoms with E-state index >= 15 is 0 Å². The number of halogens is 1. The first-order chi connectivity index (χ1) is 9.56. The molecule has 0 bridgehead atoms. The molecule has 1 saturated heterocycles. The third-order valence-corrected chi connectivity index (χ3v) is 4.16. The van der Waals surface area contributed by atoms with Crippen LogP contribution in [0, 0.1) is 13.8 Å². The zero-order valence-electron chi connectivity index (χ0n) is 13.0. The zero-order chi connectivity index (χ0) is 14.7. The minimum absolute atomic E-state index is 0. The Kier molecular flexibility index (Phi) is 6.65. The Morgan fingerprint density at radius 3 is 2.76 bits per heavy atom. The predicted octanol–water partition coefficient (Wildman–Crippen LogP) is 2.30. The number of carbonyl (C=O) groups excluding carboxylic acids is 1. The van der Waals surface area contributed by atoms with Crippen molar-refractivity contribution < 1.29 is 9.53 Å². The van der Waals surface area contributed by atoms with E-state index in [9.17, 15) is 4.79 Å². The minimum atomic E-state index is 0. The van der Waals surface area contributed by atoms with Crippen LogP contribution in [0.1, 0.15) is 34.3 Å². The highest BCUT2D eigenvalue weighted by Gasteiger charge is 2.31. The van der Waals surface area contributed by atoms with Gasteiger partial charge in [0.1, 0.15) is 0 Å². The molecular formula is C16H25ClN2O2. The monoisotopic (exact) mass is 312 g/mol. The summed E-state index contributed by atoms with van der Waals surface area (Å²) in [7, 11) is 1.72. The molecule has 2 rings (SSSR count). The van der Waals surface area contributed by atoms with Crippen molar-refractivity contribution >= 4 is 18.3 Å². The maximum Gasteiger partial charge on any atom is 0.254 e. The molecule has 0 aliphatic carbocycles. The molecule has 2 N–H and O–H groups in total. The molecule has 0 spiro atoms. The van der Waals surface area contributed by atoms with E-state index in [2.05, 4.69) is 0 Å². The van der Waals surface area contributed by atoms with Crippen molar-refractivity contribution in [2.45, 2.75) is 38.8 Å². The molecule has 21 heavy (non-hydrogen) atoms. The van der Waals surface area contributed by atoms with E-state index in [4.69, 9.17) is 10.5 Å². The van der Waals surface area contributed by atoms with Crippen molar-refractivity contribution in [2.24, 2.45) is 5.73 Å². The number of benzene rings is 1. The first-order valence-electron chi connectivity index (χ1n) is 7.18. The minimum Gasteiger partial charge on any atom is -0.381 e. The van der Waals surface area contributed by atoms with Gasteiger partial charge >= 0.3 is 0 Å². The van der Waals surface area contributed by atoms with E-state index in [-0.39, 0.29) is 30.5 Å². The highest BCUT2D eigenvalue weighted by Crippen LogP contribution is 2.23. The van der Waals surface area contributed by atoms with E-state index in [1.165, 1.54) is 0 Å². The maximum absolute atomic E-state index is 12.8. The smallest absolute Gasteiger partial charge is 0.254 e. The third-order valence-electron chi connectivity index (χ3n) is 4.16. The number of hydrogen-bond acceptors (Lipinski definition) is 3. The number of ether oxygens (including phenoxy) is 1. The lowest BCUT2D eigenvalue weighted by Gasteiger charge is -2.38. The van der Waals surface area contributed by atoms with Gasteiger partial charge in [0.25, 0.3) is 5.91 Å². The van der Waals surface area contributed by atoms with Crippen LogP contribution < -0.4 is 5.73 Å². The number of hydrogen-bond donors (Lipinski definition) is 1. The molecule has 1 amide bonds. The standard InChI is InChI=1S/C16H24N2O2.ClH/c1-11-4-5-12(2)15(8-11)16(19)18-7-6-14(20-3)9-13(18)10-17;/h4-5,8,13-14H,6-7,9-10,17H2,1-3H3;1H. The highest BCUT2D eigenvalue weighted by atomic mass is 35.5. The Labute approximate surface area is 133 Å². The summed E-state index contributed by atoms with van der Waals surface area (Å²) in [6, 6.07) is 6.07. The van der Waals surface area contributed by atoms with Crippen LogP contribution in [0.15, 0.2) is 18.2 Å². The fourth-order valence-electron chi connectivity index (χ4n) is 2.84. The molecule has 2 atom stereocenters. The molecule has 2 unspecified atom stereocenters. The molecule has 118 valence electrons. The summed E-state index contributed by atoms with van der Waals surface area (Å²) in [5, 5.41) is 0. The first kappa shape index (κ1) is 18.0. The van der Waals surface area contributed by atoms with Gasteiger partial charge in [0.15, 0.2) is 0 Å². The molecule has 1 fully saturated rings. The number of methoxy groups -OCH3 is 1. The van der Waals surface area contributed by atoms with Crippen molar-refractivity contribution in [1.82, 2.24) is 4.90 Å². The van der Waals surface area contributed by atoms with E-state index in [0.717, 1.165) is 29.5 Å². The van der Waals surface area contributed by atoms with Crippen molar-refractivity contribution in [1.29, 1.82) is 0 Å². The molecule has 1 aliphatic rings. The van der Waals surface area contributed by atoms with Gasteiger partial charge < -0.3 is 15.4 Å². The molecular weight excluding hydrogens is 288 g/mol. The quantitative estimate of drug-likeness (QED) is 0.932. The van der Waals surface area contributed by atoms with Crippen LogP contribution in [0.3, 0.4) is 0 Å². The first-order valence-corrected chi connectivity index (χ1v) is 7.18. The van der Waals surface area contributed by atoms with Gasteiger partial charge in [-0.25, -0.2) is 0 Å². The number of likely N-dealkylation sites (tertiary alicyclic amines) is 1. The number of carbonyl (C=O) groups is 1. The van der Waals surface area contributed by atoms with Gasteiger partial charge in [0.2, 0.25) is 0 Å². The van der Waals surface area contributed by atoms with Crippen molar-refractivity contribution in [3.05, 3.63) is 34.9 Å². The molecule has 0 radical (unpaired) electrons. The topological polar surface area (TPSA) is 55.6 Å². The number of piperidine rings is 1. The van der Waals surface area contributed by atoms with E-state index < -0.39 is 0 Å². The lowest BCUT2D eigenvalue weighted by molar-refractivity contribution is 0.0138. The van der Waals surface area contributed by atoms with Gasteiger partial charge in [-0.3, -0.25) is 4.79 Å². The highest BCUT2D eigenvalue weighted by molar-refractivity contribution is 5.96. The van der Waals surface area contributed by atoms with Gasteiger partial charge in [-0.15, -0.1) is 12.4 Å². The molecule has 5 heteroatoms. The fraction of sp³-hybridized carbons (Fsp3) is 0.562. The summed E-state index contributed by atoms with van der Waals surface area (Å²) in [6.45, 7) is 5.18. The normalized spacial score (nSPS) is 21.8. The van der Waals surface area contributed by atoms with Crippen LogP contribution in [-0.4, -0.2) is 43.2 Å². The van der Waals surface area contributed by atoms with Crippen LogP contribution in [-0.2, 0) is 4.74 Å². The van der Waals surface area contributed by atoms with Gasteiger partial charge in [-0.05, 0) is 38.3 Å². The number of nitrogens with two attached hydrogens (primary N) is 1. The number of amides is 1. The van der Waals surface area contributed by atoms with Crippen LogP contribution in [0.2, 0.25) is 0 Å². The van der Waals surface area contributed by atoms with Crippen LogP contribution >= 0.6 is 12.4 Å². The fourth-order valence-corrected chi connectivity index (χ4v) is 2.84. The van der Waals surface area contributed by atoms with Gasteiger partial charge in [-0.1, -0.05) is 17.7 Å². The second-order valence-electron chi connectivity index (χ2n) is 5.59. The Balaban J connectivity index is 0.00000220. The second-order valence-corrected chi connectivity index (χ2v) is 5.59. The molecule has 1 aliphatic heterocycles. The van der Waals surface area contributed by atoms with Crippen molar-refractivity contribution in [2.75, 3.05) is 20.2 Å². The summed E-state index contributed by atoms with van der Waals surface area (Å²) >= 11 is 0. The Morgan fingerprint density at radius 1 is 1.43 bits per heavy atom. The Bertz CT molecular complexity index is 493.